The number of ether oxygens (including phenoxy) is 2. The van der Waals surface area contributed by atoms with Crippen LogP contribution in [0.1, 0.15) is 46.7 Å². The van der Waals surface area contributed by atoms with Crippen molar-refractivity contribution >= 4 is 12.0 Å². The molecule has 0 N–H and O–H groups in total. The molecule has 29 heavy (non-hydrogen) atoms. The molecule has 2 aromatic rings. The van der Waals surface area contributed by atoms with E-state index in [4.69, 9.17) is 9.47 Å². The maximum Gasteiger partial charge on any atom is 0.337 e. The predicted molar refractivity (Wildman–Crippen MR) is 117 cm³/mol. The molecule has 0 amide bonds. The minimum absolute atomic E-state index is 0.297. The lowest BCUT2D eigenvalue weighted by atomic mass is 9.73. The summed E-state index contributed by atoms with van der Waals surface area (Å²) >= 11 is 0. The predicted octanol–water partition coefficient (Wildman–Crippen LogP) is 5.01. The Balaban J connectivity index is 1.87. The molecular weight excluding hydrogens is 362 g/mol. The van der Waals surface area contributed by atoms with Gasteiger partial charge in [0.1, 0.15) is 5.75 Å². The Morgan fingerprint density at radius 2 is 1.93 bits per heavy atom. The smallest absolute Gasteiger partial charge is 0.337 e. The number of rotatable bonds is 6. The van der Waals surface area contributed by atoms with E-state index in [9.17, 15) is 4.79 Å². The highest BCUT2D eigenvalue weighted by atomic mass is 16.5. The molecule has 0 aliphatic heterocycles. The Morgan fingerprint density at radius 3 is 2.66 bits per heavy atom. The third-order valence-corrected chi connectivity index (χ3v) is 5.69. The van der Waals surface area contributed by atoms with Gasteiger partial charge in [0, 0.05) is 6.54 Å². The van der Waals surface area contributed by atoms with E-state index in [2.05, 4.69) is 43.3 Å². The van der Waals surface area contributed by atoms with Crippen LogP contribution in [-0.4, -0.2) is 45.7 Å². The van der Waals surface area contributed by atoms with Crippen molar-refractivity contribution in [1.29, 1.82) is 0 Å². The van der Waals surface area contributed by atoms with E-state index in [-0.39, 0.29) is 5.97 Å². The molecule has 0 aromatic heterocycles. The first kappa shape index (κ1) is 21.1. The first-order valence-electron chi connectivity index (χ1n) is 10.2. The molecule has 0 unspecified atom stereocenters. The van der Waals surface area contributed by atoms with Crippen molar-refractivity contribution in [1.82, 2.24) is 4.90 Å². The van der Waals surface area contributed by atoms with E-state index in [1.807, 2.05) is 24.3 Å². The molecule has 0 spiro atoms. The first-order valence-corrected chi connectivity index (χ1v) is 10.2. The van der Waals surface area contributed by atoms with E-state index in [1.165, 1.54) is 18.2 Å². The molecule has 1 fully saturated rings. The minimum Gasteiger partial charge on any atom is -0.497 e. The zero-order valence-electron chi connectivity index (χ0n) is 17.9. The Morgan fingerprint density at radius 1 is 1.14 bits per heavy atom. The van der Waals surface area contributed by atoms with Gasteiger partial charge in [-0.25, -0.2) is 4.79 Å². The molecule has 0 heterocycles. The van der Waals surface area contributed by atoms with Gasteiger partial charge in [-0.3, -0.25) is 0 Å². The van der Waals surface area contributed by atoms with Crippen molar-refractivity contribution in [3.05, 3.63) is 70.8 Å². The summed E-state index contributed by atoms with van der Waals surface area (Å²) in [7, 11) is 7.42. The average Bonchev–Trinajstić information content (AvgIpc) is 2.74. The molecule has 1 aliphatic carbocycles. The number of methoxy groups -OCH3 is 2. The number of benzene rings is 2. The highest BCUT2D eigenvalue weighted by Gasteiger charge is 2.29. The van der Waals surface area contributed by atoms with Crippen molar-refractivity contribution in [2.75, 3.05) is 34.9 Å². The molecule has 4 nitrogen and oxygen atoms in total. The van der Waals surface area contributed by atoms with E-state index in [0.29, 0.717) is 17.4 Å². The van der Waals surface area contributed by atoms with Crippen LogP contribution in [0.5, 0.6) is 5.75 Å². The van der Waals surface area contributed by atoms with Gasteiger partial charge in [-0.1, -0.05) is 35.9 Å². The first-order chi connectivity index (χ1) is 14.0. The molecule has 154 valence electrons. The van der Waals surface area contributed by atoms with Gasteiger partial charge in [0.15, 0.2) is 0 Å². The number of esters is 1. The summed E-state index contributed by atoms with van der Waals surface area (Å²) in [6.07, 6.45) is 5.50. The summed E-state index contributed by atoms with van der Waals surface area (Å²) in [5.74, 6) is 1.68. The van der Waals surface area contributed by atoms with Crippen LogP contribution in [0.3, 0.4) is 0 Å². The van der Waals surface area contributed by atoms with Crippen LogP contribution in [-0.2, 0) is 4.74 Å². The van der Waals surface area contributed by atoms with Crippen molar-refractivity contribution in [3.63, 3.8) is 0 Å². The number of nitrogens with zero attached hydrogens (tertiary/aromatic N) is 1. The fraction of sp³-hybridized carbons (Fsp3) is 0.400. The van der Waals surface area contributed by atoms with Crippen LogP contribution in [0.15, 0.2) is 54.1 Å². The van der Waals surface area contributed by atoms with Gasteiger partial charge in [-0.15, -0.1) is 0 Å². The molecule has 1 saturated carbocycles. The number of carbonyl (C=O) groups excluding carboxylic acids is 1. The van der Waals surface area contributed by atoms with Crippen LogP contribution >= 0.6 is 0 Å². The van der Waals surface area contributed by atoms with Crippen molar-refractivity contribution in [2.45, 2.75) is 25.2 Å². The summed E-state index contributed by atoms with van der Waals surface area (Å²) in [4.78, 5) is 14.1. The maximum absolute atomic E-state index is 11.8. The SMILES string of the molecule is COC(=O)c1cccc(/C=C2\CC[C@H](CN(C)C)[C@@H](c3cccc(OC)c3)C2)c1. The van der Waals surface area contributed by atoms with Crippen LogP contribution in [0, 0.1) is 5.92 Å². The number of hydrogen-bond donors (Lipinski definition) is 0. The molecule has 2 aromatic carbocycles. The van der Waals surface area contributed by atoms with Crippen LogP contribution in [0.4, 0.5) is 0 Å². The number of hydrogen-bond acceptors (Lipinski definition) is 4. The molecule has 2 atom stereocenters. The summed E-state index contributed by atoms with van der Waals surface area (Å²) in [5, 5.41) is 0. The van der Waals surface area contributed by atoms with Gasteiger partial charge in [-0.2, -0.15) is 0 Å². The Labute approximate surface area is 174 Å². The topological polar surface area (TPSA) is 38.8 Å². The second-order valence-corrected chi connectivity index (χ2v) is 8.07. The summed E-state index contributed by atoms with van der Waals surface area (Å²) < 4.78 is 10.3. The number of carbonyl (C=O) groups is 1. The number of allylic oxidation sites excluding steroid dienone is 1. The fourth-order valence-corrected chi connectivity index (χ4v) is 4.31. The molecule has 0 bridgehead atoms. The summed E-state index contributed by atoms with van der Waals surface area (Å²) in [6.45, 7) is 1.08. The Kier molecular flexibility index (Phi) is 7.10. The quantitative estimate of drug-likeness (QED) is 0.647. The molecule has 3 rings (SSSR count). The molecule has 4 heteroatoms. The largest absolute Gasteiger partial charge is 0.497 e. The van der Waals surface area contributed by atoms with Crippen LogP contribution in [0.25, 0.3) is 6.08 Å². The molecule has 0 radical (unpaired) electrons. The fourth-order valence-electron chi connectivity index (χ4n) is 4.31. The lowest BCUT2D eigenvalue weighted by molar-refractivity contribution is 0.0600. The zero-order chi connectivity index (χ0) is 20.8. The van der Waals surface area contributed by atoms with Gasteiger partial charge < -0.3 is 14.4 Å². The second kappa shape index (κ2) is 9.75. The van der Waals surface area contributed by atoms with E-state index in [0.717, 1.165) is 37.1 Å². The second-order valence-electron chi connectivity index (χ2n) is 8.07. The Bertz CT molecular complexity index is 872. The maximum atomic E-state index is 11.8. The van der Waals surface area contributed by atoms with Crippen LogP contribution in [0.2, 0.25) is 0 Å². The highest BCUT2D eigenvalue weighted by molar-refractivity contribution is 5.90. The standard InChI is InChI=1S/C25H31NO3/c1-26(2)17-22-12-11-19(13-18-7-5-9-21(14-18)25(27)29-4)15-24(22)20-8-6-10-23(16-20)28-3/h5-10,13-14,16,22,24H,11-12,15,17H2,1-4H3/b19-13+/t22-,24-/m1/s1. The van der Waals surface area contributed by atoms with E-state index < -0.39 is 0 Å². The normalized spacial score (nSPS) is 20.7. The Hall–Kier alpha value is -2.59. The minimum atomic E-state index is -0.297. The van der Waals surface area contributed by atoms with Gasteiger partial charge >= 0.3 is 5.97 Å². The van der Waals surface area contributed by atoms with Crippen LogP contribution < -0.4 is 4.74 Å². The lowest BCUT2D eigenvalue weighted by Crippen LogP contribution is -2.29. The van der Waals surface area contributed by atoms with Crippen molar-refractivity contribution < 1.29 is 14.3 Å². The zero-order valence-corrected chi connectivity index (χ0v) is 17.9. The molecule has 0 saturated heterocycles. The summed E-state index contributed by atoms with van der Waals surface area (Å²) in [6, 6.07) is 16.1. The van der Waals surface area contributed by atoms with Crippen molar-refractivity contribution in [2.24, 2.45) is 5.92 Å². The highest BCUT2D eigenvalue weighted by Crippen LogP contribution is 2.42. The van der Waals surface area contributed by atoms with E-state index in [1.54, 1.807) is 13.2 Å². The monoisotopic (exact) mass is 393 g/mol. The molecule has 1 aliphatic rings. The van der Waals surface area contributed by atoms with Gasteiger partial charge in [0.25, 0.3) is 0 Å². The van der Waals surface area contributed by atoms with Crippen molar-refractivity contribution in [3.8, 4) is 5.75 Å². The van der Waals surface area contributed by atoms with E-state index >= 15 is 0 Å². The van der Waals surface area contributed by atoms with Gasteiger partial charge in [-0.05, 0) is 80.6 Å². The summed E-state index contributed by atoms with van der Waals surface area (Å²) in [5.41, 5.74) is 4.41. The lowest BCUT2D eigenvalue weighted by Gasteiger charge is -2.35. The third-order valence-electron chi connectivity index (χ3n) is 5.69. The van der Waals surface area contributed by atoms with Gasteiger partial charge in [0.05, 0.1) is 19.8 Å². The average molecular weight is 394 g/mol. The van der Waals surface area contributed by atoms with Gasteiger partial charge in [0.2, 0.25) is 0 Å². The molecular formula is C25H31NO3. The third kappa shape index (κ3) is 5.48.